The molecule has 1 aromatic heterocycles. The molecule has 32 heavy (non-hydrogen) atoms. The van der Waals surface area contributed by atoms with E-state index in [-0.39, 0.29) is 5.97 Å². The van der Waals surface area contributed by atoms with Gasteiger partial charge in [-0.2, -0.15) is 5.10 Å². The van der Waals surface area contributed by atoms with Gasteiger partial charge in [0.05, 0.1) is 24.1 Å². The maximum absolute atomic E-state index is 12.4. The molecule has 0 aliphatic rings. The van der Waals surface area contributed by atoms with Crippen LogP contribution in [0.3, 0.4) is 0 Å². The number of aromatic nitrogens is 1. The van der Waals surface area contributed by atoms with Gasteiger partial charge in [0.15, 0.2) is 0 Å². The third-order valence-electron chi connectivity index (χ3n) is 4.45. The van der Waals surface area contributed by atoms with Crippen LogP contribution in [0.25, 0.3) is 11.3 Å². The van der Waals surface area contributed by atoms with Crippen LogP contribution in [0.4, 0.5) is 5.13 Å². The van der Waals surface area contributed by atoms with Gasteiger partial charge in [-0.25, -0.2) is 14.8 Å². The molecule has 0 radical (unpaired) electrons. The third-order valence-corrected chi connectivity index (χ3v) is 5.69. The maximum Gasteiger partial charge on any atom is 0.338 e. The predicted octanol–water partition coefficient (Wildman–Crippen LogP) is 7.31. The normalized spacial score (nSPS) is 10.5. The van der Waals surface area contributed by atoms with Crippen molar-refractivity contribution in [3.8, 4) is 11.3 Å². The number of hydrogen-bond donors (Lipinski definition) is 0. The Morgan fingerprint density at radius 2 is 1.88 bits per heavy atom. The van der Waals surface area contributed by atoms with Crippen LogP contribution in [-0.4, -0.2) is 30.8 Å². The van der Waals surface area contributed by atoms with Crippen molar-refractivity contribution in [2.24, 2.45) is 5.10 Å². The standard InChI is InChI=1S/C23H24ClN3O2S.C2H6/c1-3-4-9-14-29-22(28)18-11-6-5-10-17(18)15-25-27(2)23-26-21(16-30-23)19-12-7-8-13-20(19)24;1-2/h5-8,10-13,15-16H,3-4,9,14H2,1-2H3;1-2H3/b25-15+;. The van der Waals surface area contributed by atoms with Gasteiger partial charge in [0.25, 0.3) is 0 Å². The smallest absolute Gasteiger partial charge is 0.338 e. The fourth-order valence-corrected chi connectivity index (χ4v) is 3.77. The largest absolute Gasteiger partial charge is 0.462 e. The minimum atomic E-state index is -0.328. The lowest BCUT2D eigenvalue weighted by Crippen LogP contribution is -2.12. The topological polar surface area (TPSA) is 54.8 Å². The number of thiazole rings is 1. The predicted molar refractivity (Wildman–Crippen MR) is 136 cm³/mol. The van der Waals surface area contributed by atoms with Crippen LogP contribution in [0.1, 0.15) is 56.0 Å². The number of benzene rings is 2. The summed E-state index contributed by atoms with van der Waals surface area (Å²) in [6, 6.07) is 14.9. The summed E-state index contributed by atoms with van der Waals surface area (Å²) in [6.07, 6.45) is 4.66. The van der Waals surface area contributed by atoms with E-state index in [0.717, 1.165) is 35.7 Å². The summed E-state index contributed by atoms with van der Waals surface area (Å²) in [5, 5.41) is 9.47. The molecule has 0 atom stereocenters. The van der Waals surface area contributed by atoms with Crippen LogP contribution in [0.15, 0.2) is 59.0 Å². The SMILES string of the molecule is CC.CCCCCOC(=O)c1ccccc1/C=N/N(C)c1nc(-c2ccccc2Cl)cs1. The quantitative estimate of drug-likeness (QED) is 0.142. The minimum Gasteiger partial charge on any atom is -0.462 e. The molecule has 0 saturated carbocycles. The van der Waals surface area contributed by atoms with E-state index in [2.05, 4.69) is 17.0 Å². The molecule has 7 heteroatoms. The van der Waals surface area contributed by atoms with Crippen molar-refractivity contribution in [3.05, 3.63) is 70.1 Å². The molecule has 0 saturated heterocycles. The number of ether oxygens (including phenoxy) is 1. The average Bonchev–Trinajstić information content (AvgIpc) is 3.32. The zero-order valence-corrected chi connectivity index (χ0v) is 20.6. The Kier molecular flexibility index (Phi) is 10.9. The van der Waals surface area contributed by atoms with E-state index in [1.54, 1.807) is 17.3 Å². The molecule has 3 aromatic rings. The van der Waals surface area contributed by atoms with E-state index in [4.69, 9.17) is 16.3 Å². The van der Waals surface area contributed by atoms with Crippen LogP contribution >= 0.6 is 22.9 Å². The summed E-state index contributed by atoms with van der Waals surface area (Å²) < 4.78 is 5.39. The molecule has 0 unspecified atom stereocenters. The number of halogens is 1. The van der Waals surface area contributed by atoms with Crippen LogP contribution < -0.4 is 5.01 Å². The second kappa shape index (κ2) is 13.7. The summed E-state index contributed by atoms with van der Waals surface area (Å²) in [5.74, 6) is -0.328. The van der Waals surface area contributed by atoms with E-state index >= 15 is 0 Å². The first-order valence-corrected chi connectivity index (χ1v) is 12.1. The van der Waals surface area contributed by atoms with Crippen molar-refractivity contribution in [2.75, 3.05) is 18.7 Å². The lowest BCUT2D eigenvalue weighted by atomic mass is 10.1. The first-order chi connectivity index (χ1) is 15.6. The first-order valence-electron chi connectivity index (χ1n) is 10.8. The maximum atomic E-state index is 12.4. The molecular weight excluding hydrogens is 442 g/mol. The second-order valence-corrected chi connectivity index (χ2v) is 7.94. The Hall–Kier alpha value is -2.70. The highest BCUT2D eigenvalue weighted by molar-refractivity contribution is 7.14. The summed E-state index contributed by atoms with van der Waals surface area (Å²) in [5.41, 5.74) is 2.89. The van der Waals surface area contributed by atoms with Gasteiger partial charge >= 0.3 is 5.97 Å². The van der Waals surface area contributed by atoms with Crippen molar-refractivity contribution >= 4 is 40.3 Å². The van der Waals surface area contributed by atoms with Crippen molar-refractivity contribution < 1.29 is 9.53 Å². The molecule has 2 aromatic carbocycles. The number of unbranched alkanes of at least 4 members (excludes halogenated alkanes) is 2. The van der Waals surface area contributed by atoms with E-state index in [0.29, 0.717) is 22.8 Å². The third kappa shape index (κ3) is 7.18. The highest BCUT2D eigenvalue weighted by Crippen LogP contribution is 2.31. The molecule has 0 amide bonds. The van der Waals surface area contributed by atoms with Gasteiger partial charge in [-0.15, -0.1) is 11.3 Å². The fraction of sp³-hybridized carbons (Fsp3) is 0.320. The fourth-order valence-electron chi connectivity index (χ4n) is 2.79. The molecule has 3 rings (SSSR count). The van der Waals surface area contributed by atoms with Gasteiger partial charge in [-0.3, -0.25) is 0 Å². The molecule has 1 heterocycles. The molecule has 0 fully saturated rings. The zero-order chi connectivity index (χ0) is 23.3. The van der Waals surface area contributed by atoms with Crippen molar-refractivity contribution in [3.63, 3.8) is 0 Å². The molecule has 0 aliphatic heterocycles. The highest BCUT2D eigenvalue weighted by atomic mass is 35.5. The Morgan fingerprint density at radius 1 is 1.16 bits per heavy atom. The van der Waals surface area contributed by atoms with Crippen molar-refractivity contribution in [2.45, 2.75) is 40.0 Å². The van der Waals surface area contributed by atoms with E-state index in [9.17, 15) is 4.79 Å². The summed E-state index contributed by atoms with van der Waals surface area (Å²) >= 11 is 7.74. The van der Waals surface area contributed by atoms with Gasteiger partial charge in [-0.1, -0.05) is 81.6 Å². The van der Waals surface area contributed by atoms with Crippen LogP contribution in [-0.2, 0) is 4.74 Å². The Labute approximate surface area is 199 Å². The lowest BCUT2D eigenvalue weighted by Gasteiger charge is -2.10. The summed E-state index contributed by atoms with van der Waals surface area (Å²) in [4.78, 5) is 17.0. The van der Waals surface area contributed by atoms with E-state index in [1.807, 2.05) is 68.7 Å². The number of hydrazone groups is 1. The van der Waals surface area contributed by atoms with Crippen LogP contribution in [0, 0.1) is 0 Å². The van der Waals surface area contributed by atoms with Crippen LogP contribution in [0.5, 0.6) is 0 Å². The molecule has 0 spiro atoms. The molecule has 170 valence electrons. The Morgan fingerprint density at radius 3 is 2.62 bits per heavy atom. The number of carbonyl (C=O) groups excluding carboxylic acids is 1. The highest BCUT2D eigenvalue weighted by Gasteiger charge is 2.13. The van der Waals surface area contributed by atoms with E-state index in [1.165, 1.54) is 11.3 Å². The van der Waals surface area contributed by atoms with Crippen molar-refractivity contribution in [1.82, 2.24) is 4.98 Å². The van der Waals surface area contributed by atoms with Gasteiger partial charge in [0, 0.05) is 28.6 Å². The van der Waals surface area contributed by atoms with Gasteiger partial charge < -0.3 is 4.74 Å². The number of nitrogens with zero attached hydrogens (tertiary/aromatic N) is 3. The van der Waals surface area contributed by atoms with Gasteiger partial charge in [0.2, 0.25) is 5.13 Å². The Bertz CT molecular complexity index is 1020. The van der Waals surface area contributed by atoms with Gasteiger partial charge in [0.1, 0.15) is 0 Å². The number of rotatable bonds is 9. The number of esters is 1. The molecule has 0 aliphatic carbocycles. The number of hydrogen-bond acceptors (Lipinski definition) is 6. The number of anilines is 1. The molecular formula is C25H30ClN3O2S. The lowest BCUT2D eigenvalue weighted by molar-refractivity contribution is 0.0498. The first kappa shape index (κ1) is 25.6. The van der Waals surface area contributed by atoms with Crippen LogP contribution in [0.2, 0.25) is 5.02 Å². The summed E-state index contributed by atoms with van der Waals surface area (Å²) in [7, 11) is 1.82. The zero-order valence-electron chi connectivity index (χ0n) is 19.0. The molecule has 0 bridgehead atoms. The molecule has 5 nitrogen and oxygen atoms in total. The minimum absolute atomic E-state index is 0.328. The number of carbonyl (C=O) groups is 1. The monoisotopic (exact) mass is 471 g/mol. The molecule has 0 N–H and O–H groups in total. The Balaban J connectivity index is 0.00000176. The van der Waals surface area contributed by atoms with E-state index < -0.39 is 0 Å². The van der Waals surface area contributed by atoms with Gasteiger partial charge in [-0.05, 0) is 18.6 Å². The second-order valence-electron chi connectivity index (χ2n) is 6.69. The average molecular weight is 472 g/mol. The van der Waals surface area contributed by atoms with Crippen molar-refractivity contribution in [1.29, 1.82) is 0 Å². The summed E-state index contributed by atoms with van der Waals surface area (Å²) in [6.45, 7) is 6.55.